The van der Waals surface area contributed by atoms with Crippen LogP contribution < -0.4 is 5.32 Å². The molecule has 0 radical (unpaired) electrons. The van der Waals surface area contributed by atoms with Gasteiger partial charge in [0.25, 0.3) is 0 Å². The van der Waals surface area contributed by atoms with Crippen molar-refractivity contribution in [3.8, 4) is 0 Å². The number of rotatable bonds is 11. The summed E-state index contributed by atoms with van der Waals surface area (Å²) >= 11 is 3.22. The molecular formula is C19H30N4OS2. The predicted molar refractivity (Wildman–Crippen MR) is 112 cm³/mol. The molecule has 0 spiro atoms. The first-order valence-electron chi connectivity index (χ1n) is 9.49. The van der Waals surface area contributed by atoms with Crippen molar-refractivity contribution < 1.29 is 4.79 Å². The number of carbonyl (C=O) groups excluding carboxylic acids is 1. The van der Waals surface area contributed by atoms with Gasteiger partial charge in [-0.05, 0) is 51.9 Å². The van der Waals surface area contributed by atoms with E-state index in [4.69, 9.17) is 0 Å². The quantitative estimate of drug-likeness (QED) is 0.355. The minimum absolute atomic E-state index is 0.0792. The first-order chi connectivity index (χ1) is 12.6. The molecule has 0 saturated carbocycles. The van der Waals surface area contributed by atoms with Crippen molar-refractivity contribution in [2.45, 2.75) is 57.2 Å². The molecule has 0 bridgehead atoms. The van der Waals surface area contributed by atoms with Crippen LogP contribution in [0.4, 0.5) is 0 Å². The van der Waals surface area contributed by atoms with E-state index in [9.17, 15) is 4.79 Å². The summed E-state index contributed by atoms with van der Waals surface area (Å²) < 4.78 is 0. The lowest BCUT2D eigenvalue weighted by molar-refractivity contribution is -0.120. The molecule has 0 saturated heterocycles. The second-order valence-electron chi connectivity index (χ2n) is 6.25. The Morgan fingerprint density at radius 1 is 1.27 bits per heavy atom. The van der Waals surface area contributed by atoms with Crippen molar-refractivity contribution >= 4 is 39.2 Å². The predicted octanol–water partition coefficient (Wildman–Crippen LogP) is 3.97. The average molecular weight is 395 g/mol. The summed E-state index contributed by atoms with van der Waals surface area (Å²) in [5.41, 5.74) is 0. The number of hydrogen-bond donors (Lipinski definition) is 1. The number of aryl methyl sites for hydroxylation is 1. The van der Waals surface area contributed by atoms with Gasteiger partial charge >= 0.3 is 0 Å². The molecule has 0 fully saturated rings. The summed E-state index contributed by atoms with van der Waals surface area (Å²) in [5, 5.41) is 4.86. The van der Waals surface area contributed by atoms with Crippen LogP contribution in [0.3, 0.4) is 0 Å². The van der Waals surface area contributed by atoms with Crippen LogP contribution in [0, 0.1) is 0 Å². The summed E-state index contributed by atoms with van der Waals surface area (Å²) in [6.07, 6.45) is 4.72. The molecule has 0 aromatic carbocycles. The van der Waals surface area contributed by atoms with Crippen molar-refractivity contribution in [1.29, 1.82) is 0 Å². The largest absolute Gasteiger partial charge is 0.355 e. The summed E-state index contributed by atoms with van der Waals surface area (Å²) in [6, 6.07) is 2.15. The highest BCUT2D eigenvalue weighted by atomic mass is 32.2. The van der Waals surface area contributed by atoms with Crippen LogP contribution in [0.1, 0.15) is 45.4 Å². The lowest BCUT2D eigenvalue weighted by Crippen LogP contribution is -2.32. The molecule has 7 heteroatoms. The SMILES string of the molecule is CCc1cc2c(SC(C)C(=O)NCCCCN(CC)CC)ncnc2s1. The fourth-order valence-corrected chi connectivity index (χ4v) is 4.64. The zero-order valence-electron chi connectivity index (χ0n) is 16.2. The van der Waals surface area contributed by atoms with Crippen LogP contribution in [0.2, 0.25) is 0 Å². The molecule has 26 heavy (non-hydrogen) atoms. The van der Waals surface area contributed by atoms with Gasteiger partial charge in [0.2, 0.25) is 5.91 Å². The third kappa shape index (κ3) is 5.93. The van der Waals surface area contributed by atoms with Gasteiger partial charge in [0, 0.05) is 16.8 Å². The van der Waals surface area contributed by atoms with Gasteiger partial charge in [0.05, 0.1) is 5.25 Å². The van der Waals surface area contributed by atoms with E-state index in [1.165, 1.54) is 16.6 Å². The van der Waals surface area contributed by atoms with E-state index in [2.05, 4.69) is 47.0 Å². The standard InChI is InChI=1S/C19H30N4OS2/c1-5-15-12-16-18(21-13-22-19(16)26-15)25-14(4)17(24)20-10-8-9-11-23(6-2)7-3/h12-14H,5-11H2,1-4H3,(H,20,24). The first-order valence-corrected chi connectivity index (χ1v) is 11.2. The number of unbranched alkanes of at least 4 members (excludes halogenated alkanes) is 1. The van der Waals surface area contributed by atoms with E-state index in [-0.39, 0.29) is 11.2 Å². The van der Waals surface area contributed by atoms with Crippen LogP contribution in [-0.4, -0.2) is 52.2 Å². The van der Waals surface area contributed by atoms with Gasteiger partial charge in [-0.2, -0.15) is 0 Å². The third-order valence-corrected chi connectivity index (χ3v) is 6.75. The molecule has 2 heterocycles. The monoisotopic (exact) mass is 394 g/mol. The molecule has 1 N–H and O–H groups in total. The number of thiophene rings is 1. The summed E-state index contributed by atoms with van der Waals surface area (Å²) in [5.74, 6) is 0.0792. The van der Waals surface area contributed by atoms with Gasteiger partial charge in [-0.3, -0.25) is 4.79 Å². The molecule has 0 aliphatic rings. The lowest BCUT2D eigenvalue weighted by Gasteiger charge is -2.17. The maximum Gasteiger partial charge on any atom is 0.233 e. The van der Waals surface area contributed by atoms with Crippen molar-refractivity contribution in [3.63, 3.8) is 0 Å². The third-order valence-electron chi connectivity index (χ3n) is 4.44. The molecule has 0 aliphatic heterocycles. The number of thioether (sulfide) groups is 1. The van der Waals surface area contributed by atoms with Gasteiger partial charge in [-0.25, -0.2) is 9.97 Å². The normalized spacial score (nSPS) is 12.7. The Morgan fingerprint density at radius 3 is 2.73 bits per heavy atom. The number of nitrogens with zero attached hydrogens (tertiary/aromatic N) is 3. The second kappa shape index (κ2) is 10.8. The van der Waals surface area contributed by atoms with Crippen molar-refractivity contribution in [2.24, 2.45) is 0 Å². The van der Waals surface area contributed by atoms with E-state index in [1.54, 1.807) is 17.7 Å². The highest BCUT2D eigenvalue weighted by Crippen LogP contribution is 2.32. The Balaban J connectivity index is 1.81. The first kappa shape index (κ1) is 21.1. The zero-order valence-corrected chi connectivity index (χ0v) is 17.9. The Morgan fingerprint density at radius 2 is 2.04 bits per heavy atom. The minimum atomic E-state index is -0.166. The lowest BCUT2D eigenvalue weighted by atomic mass is 10.3. The molecule has 0 aliphatic carbocycles. The Labute approximate surface area is 165 Å². The molecule has 2 aromatic rings. The van der Waals surface area contributed by atoms with E-state index < -0.39 is 0 Å². The summed E-state index contributed by atoms with van der Waals surface area (Å²) in [6.45, 7) is 12.5. The van der Waals surface area contributed by atoms with Gasteiger partial charge in [0.15, 0.2) is 0 Å². The molecule has 2 aromatic heterocycles. The molecule has 1 unspecified atom stereocenters. The van der Waals surface area contributed by atoms with Crippen molar-refractivity contribution in [1.82, 2.24) is 20.2 Å². The number of hydrogen-bond acceptors (Lipinski definition) is 6. The van der Waals surface area contributed by atoms with Gasteiger partial charge in [-0.1, -0.05) is 32.5 Å². The summed E-state index contributed by atoms with van der Waals surface area (Å²) in [7, 11) is 0. The van der Waals surface area contributed by atoms with Gasteiger partial charge in [-0.15, -0.1) is 11.3 Å². The number of carbonyl (C=O) groups is 1. The Hall–Kier alpha value is -1.18. The van der Waals surface area contributed by atoms with Crippen molar-refractivity contribution in [3.05, 3.63) is 17.3 Å². The molecule has 1 atom stereocenters. The van der Waals surface area contributed by atoms with E-state index in [1.807, 2.05) is 6.92 Å². The second-order valence-corrected chi connectivity index (χ2v) is 8.69. The molecule has 1 amide bonds. The number of aromatic nitrogens is 2. The van der Waals surface area contributed by atoms with Crippen molar-refractivity contribution in [2.75, 3.05) is 26.2 Å². The highest BCUT2D eigenvalue weighted by Gasteiger charge is 2.17. The van der Waals surface area contributed by atoms with Gasteiger partial charge in [0.1, 0.15) is 16.2 Å². The molecular weight excluding hydrogens is 364 g/mol. The molecule has 144 valence electrons. The smallest absolute Gasteiger partial charge is 0.233 e. The molecule has 5 nitrogen and oxygen atoms in total. The van der Waals surface area contributed by atoms with E-state index in [0.29, 0.717) is 0 Å². The Bertz CT molecular complexity index is 700. The number of fused-ring (bicyclic) bond motifs is 1. The van der Waals surface area contributed by atoms with Crippen LogP contribution >= 0.6 is 23.1 Å². The zero-order chi connectivity index (χ0) is 18.9. The van der Waals surface area contributed by atoms with Crippen LogP contribution in [0.15, 0.2) is 17.4 Å². The minimum Gasteiger partial charge on any atom is -0.355 e. The van der Waals surface area contributed by atoms with Crippen LogP contribution in [0.25, 0.3) is 10.2 Å². The highest BCUT2D eigenvalue weighted by molar-refractivity contribution is 8.00. The maximum absolute atomic E-state index is 12.4. The average Bonchev–Trinajstić information content (AvgIpc) is 3.09. The maximum atomic E-state index is 12.4. The number of nitrogens with one attached hydrogen (secondary N) is 1. The van der Waals surface area contributed by atoms with Crippen LogP contribution in [-0.2, 0) is 11.2 Å². The van der Waals surface area contributed by atoms with Gasteiger partial charge < -0.3 is 10.2 Å². The molecule has 2 rings (SSSR count). The topological polar surface area (TPSA) is 58.1 Å². The number of amides is 1. The summed E-state index contributed by atoms with van der Waals surface area (Å²) in [4.78, 5) is 25.8. The fraction of sp³-hybridized carbons (Fsp3) is 0.632. The fourth-order valence-electron chi connectivity index (χ4n) is 2.73. The van der Waals surface area contributed by atoms with Crippen LogP contribution in [0.5, 0.6) is 0 Å². The Kier molecular flexibility index (Phi) is 8.81. The van der Waals surface area contributed by atoms with E-state index >= 15 is 0 Å². The van der Waals surface area contributed by atoms with E-state index in [0.717, 1.165) is 60.7 Å².